The zero-order chi connectivity index (χ0) is 17.6. The number of piperidine rings is 1. The lowest BCUT2D eigenvalue weighted by Gasteiger charge is -2.29. The molecule has 5 heteroatoms. The van der Waals surface area contributed by atoms with Crippen molar-refractivity contribution in [2.24, 2.45) is 0 Å². The first-order valence-corrected chi connectivity index (χ1v) is 9.14. The minimum Gasteiger partial charge on any atom is -0.367 e. The Labute approximate surface area is 149 Å². The fourth-order valence-electron chi connectivity index (χ4n) is 3.14. The van der Waals surface area contributed by atoms with Crippen LogP contribution in [0, 0.1) is 0 Å². The first-order valence-electron chi connectivity index (χ1n) is 9.14. The van der Waals surface area contributed by atoms with Gasteiger partial charge in [0, 0.05) is 12.2 Å². The Balaban J connectivity index is 0.000000880. The van der Waals surface area contributed by atoms with Crippen LogP contribution in [0.3, 0.4) is 0 Å². The van der Waals surface area contributed by atoms with Crippen LogP contribution in [0.1, 0.15) is 26.7 Å². The fourth-order valence-corrected chi connectivity index (χ4v) is 3.14. The normalized spacial score (nSPS) is 15.6. The second kappa shape index (κ2) is 8.12. The molecule has 1 fully saturated rings. The molecule has 4 rings (SSSR count). The van der Waals surface area contributed by atoms with Gasteiger partial charge in [-0.25, -0.2) is 9.97 Å². The predicted molar refractivity (Wildman–Crippen MR) is 104 cm³/mol. The zero-order valence-corrected chi connectivity index (χ0v) is 15.3. The number of anilines is 1. The predicted octanol–water partition coefficient (Wildman–Crippen LogP) is 3.93. The standard InChI is InChI=1S/C18H21N5.C2H6/c1-22-11-8-14(9-12-22)20-17-6-4-5-15(21-17)16-13-19-18-7-2-3-10-23(16)18;1-2/h2-7,10,13-14H,8-9,11-12H2,1H3,(H,20,21);1-2H3. The van der Waals surface area contributed by atoms with E-state index in [0.717, 1.165) is 48.8 Å². The van der Waals surface area contributed by atoms with Crippen LogP contribution in [0.25, 0.3) is 17.0 Å². The average Bonchev–Trinajstić information content (AvgIpc) is 3.10. The summed E-state index contributed by atoms with van der Waals surface area (Å²) < 4.78 is 2.07. The highest BCUT2D eigenvalue weighted by atomic mass is 15.1. The lowest BCUT2D eigenvalue weighted by atomic mass is 10.1. The van der Waals surface area contributed by atoms with Crippen molar-refractivity contribution in [2.75, 3.05) is 25.5 Å². The Bertz CT molecular complexity index is 802. The maximum absolute atomic E-state index is 4.79. The minimum atomic E-state index is 0.510. The van der Waals surface area contributed by atoms with Gasteiger partial charge in [0.05, 0.1) is 17.6 Å². The van der Waals surface area contributed by atoms with Crippen LogP contribution in [-0.2, 0) is 0 Å². The molecule has 0 atom stereocenters. The second-order valence-corrected chi connectivity index (χ2v) is 6.20. The van der Waals surface area contributed by atoms with Crippen molar-refractivity contribution in [1.82, 2.24) is 19.3 Å². The molecule has 0 radical (unpaired) electrons. The number of nitrogens with zero attached hydrogens (tertiary/aromatic N) is 4. The SMILES string of the molecule is CC.CN1CCC(Nc2cccc(-c3cnc4ccccn34)n2)CC1. The minimum absolute atomic E-state index is 0.510. The van der Waals surface area contributed by atoms with Crippen molar-refractivity contribution in [1.29, 1.82) is 0 Å². The van der Waals surface area contributed by atoms with Crippen molar-refractivity contribution >= 4 is 11.5 Å². The van der Waals surface area contributed by atoms with Gasteiger partial charge < -0.3 is 10.2 Å². The van der Waals surface area contributed by atoms with Gasteiger partial charge in [0.15, 0.2) is 0 Å². The Morgan fingerprint density at radius 3 is 2.64 bits per heavy atom. The Kier molecular flexibility index (Phi) is 5.66. The van der Waals surface area contributed by atoms with Crippen LogP contribution in [0.5, 0.6) is 0 Å². The molecule has 1 N–H and O–H groups in total. The quantitative estimate of drug-likeness (QED) is 0.786. The highest BCUT2D eigenvalue weighted by Gasteiger charge is 2.17. The third-order valence-corrected chi connectivity index (χ3v) is 4.50. The van der Waals surface area contributed by atoms with E-state index in [1.807, 2.05) is 56.6 Å². The van der Waals surface area contributed by atoms with Gasteiger partial charge in [-0.1, -0.05) is 26.0 Å². The second-order valence-electron chi connectivity index (χ2n) is 6.20. The third kappa shape index (κ3) is 3.99. The first kappa shape index (κ1) is 17.4. The summed E-state index contributed by atoms with van der Waals surface area (Å²) in [6, 6.07) is 12.7. The highest BCUT2D eigenvalue weighted by molar-refractivity contribution is 5.61. The Morgan fingerprint density at radius 1 is 1.04 bits per heavy atom. The molecule has 0 aromatic carbocycles. The van der Waals surface area contributed by atoms with Crippen LogP contribution in [0.4, 0.5) is 5.82 Å². The monoisotopic (exact) mass is 337 g/mol. The molecule has 25 heavy (non-hydrogen) atoms. The molecule has 4 heterocycles. The highest BCUT2D eigenvalue weighted by Crippen LogP contribution is 2.21. The molecule has 1 aliphatic rings. The lowest BCUT2D eigenvalue weighted by molar-refractivity contribution is 0.263. The number of hydrogen-bond donors (Lipinski definition) is 1. The van der Waals surface area contributed by atoms with Crippen LogP contribution < -0.4 is 5.32 Å². The third-order valence-electron chi connectivity index (χ3n) is 4.50. The van der Waals surface area contributed by atoms with E-state index < -0.39 is 0 Å². The molecule has 1 aliphatic heterocycles. The van der Waals surface area contributed by atoms with Crippen molar-refractivity contribution in [3.05, 3.63) is 48.8 Å². The van der Waals surface area contributed by atoms with Crippen molar-refractivity contribution in [3.8, 4) is 11.4 Å². The van der Waals surface area contributed by atoms with Crippen LogP contribution >= 0.6 is 0 Å². The summed E-state index contributed by atoms with van der Waals surface area (Å²) in [4.78, 5) is 11.6. The molecule has 1 saturated heterocycles. The van der Waals surface area contributed by atoms with Gasteiger partial charge in [-0.05, 0) is 57.2 Å². The number of fused-ring (bicyclic) bond motifs is 1. The zero-order valence-electron chi connectivity index (χ0n) is 15.3. The van der Waals surface area contributed by atoms with Gasteiger partial charge >= 0.3 is 0 Å². The van der Waals surface area contributed by atoms with Crippen molar-refractivity contribution < 1.29 is 0 Å². The molecule has 0 spiro atoms. The Hall–Kier alpha value is -2.40. The number of nitrogens with one attached hydrogen (secondary N) is 1. The number of pyridine rings is 2. The van der Waals surface area contributed by atoms with E-state index >= 15 is 0 Å². The van der Waals surface area contributed by atoms with E-state index in [1.165, 1.54) is 0 Å². The number of rotatable bonds is 3. The van der Waals surface area contributed by atoms with Gasteiger partial charge in [-0.15, -0.1) is 0 Å². The van der Waals surface area contributed by atoms with Crippen molar-refractivity contribution in [2.45, 2.75) is 32.7 Å². The summed E-state index contributed by atoms with van der Waals surface area (Å²) in [6.45, 7) is 6.29. The van der Waals surface area contributed by atoms with Gasteiger partial charge in [-0.2, -0.15) is 0 Å². The Morgan fingerprint density at radius 2 is 1.84 bits per heavy atom. The molecular formula is C20H27N5. The molecule has 3 aromatic rings. The van der Waals surface area contributed by atoms with E-state index in [9.17, 15) is 0 Å². The molecule has 0 amide bonds. The van der Waals surface area contributed by atoms with E-state index in [-0.39, 0.29) is 0 Å². The molecule has 0 aliphatic carbocycles. The first-order chi connectivity index (χ1) is 12.3. The molecule has 3 aromatic heterocycles. The molecule has 132 valence electrons. The largest absolute Gasteiger partial charge is 0.367 e. The molecule has 0 unspecified atom stereocenters. The average molecular weight is 337 g/mol. The van der Waals surface area contributed by atoms with Crippen LogP contribution in [-0.4, -0.2) is 45.4 Å². The van der Waals surface area contributed by atoms with E-state index in [1.54, 1.807) is 0 Å². The number of aromatic nitrogens is 3. The van der Waals surface area contributed by atoms with Gasteiger partial charge in [-0.3, -0.25) is 4.40 Å². The maximum atomic E-state index is 4.79. The summed E-state index contributed by atoms with van der Waals surface area (Å²) in [5.74, 6) is 0.947. The van der Waals surface area contributed by atoms with Crippen LogP contribution in [0.2, 0.25) is 0 Å². The summed E-state index contributed by atoms with van der Waals surface area (Å²) >= 11 is 0. The molecular weight excluding hydrogens is 310 g/mol. The smallest absolute Gasteiger partial charge is 0.137 e. The summed E-state index contributed by atoms with van der Waals surface area (Å²) in [7, 11) is 2.18. The lowest BCUT2D eigenvalue weighted by Crippen LogP contribution is -2.36. The summed E-state index contributed by atoms with van der Waals surface area (Å²) in [5.41, 5.74) is 2.91. The van der Waals surface area contributed by atoms with E-state index in [2.05, 4.69) is 32.7 Å². The maximum Gasteiger partial charge on any atom is 0.137 e. The molecule has 0 bridgehead atoms. The van der Waals surface area contributed by atoms with Crippen molar-refractivity contribution in [3.63, 3.8) is 0 Å². The van der Waals surface area contributed by atoms with E-state index in [0.29, 0.717) is 6.04 Å². The van der Waals surface area contributed by atoms with Gasteiger partial charge in [0.1, 0.15) is 11.5 Å². The molecule has 0 saturated carbocycles. The number of imidazole rings is 1. The topological polar surface area (TPSA) is 45.5 Å². The van der Waals surface area contributed by atoms with Gasteiger partial charge in [0.25, 0.3) is 0 Å². The fraction of sp³-hybridized carbons (Fsp3) is 0.400. The summed E-state index contributed by atoms with van der Waals surface area (Å²) in [6.07, 6.45) is 6.24. The molecule has 5 nitrogen and oxygen atoms in total. The number of hydrogen-bond acceptors (Lipinski definition) is 4. The summed E-state index contributed by atoms with van der Waals surface area (Å²) in [5, 5.41) is 3.58. The van der Waals surface area contributed by atoms with E-state index in [4.69, 9.17) is 4.98 Å². The van der Waals surface area contributed by atoms with Crippen LogP contribution in [0.15, 0.2) is 48.8 Å². The number of likely N-dealkylation sites (tertiary alicyclic amines) is 1. The van der Waals surface area contributed by atoms with Gasteiger partial charge in [0.2, 0.25) is 0 Å².